The van der Waals surface area contributed by atoms with Crippen LogP contribution in [0.5, 0.6) is 11.5 Å². The van der Waals surface area contributed by atoms with Crippen LogP contribution < -0.4 is 4.74 Å². The molecule has 2 rings (SSSR count). The molecule has 0 aliphatic rings. The van der Waals surface area contributed by atoms with Gasteiger partial charge in [-0.1, -0.05) is 12.1 Å². The molecule has 0 unspecified atom stereocenters. The lowest BCUT2D eigenvalue weighted by atomic mass is 10.1. The van der Waals surface area contributed by atoms with Crippen LogP contribution in [0.15, 0.2) is 42.5 Å². The lowest BCUT2D eigenvalue weighted by molar-refractivity contribution is 0.0782. The Kier molecular flexibility index (Phi) is 4.64. The van der Waals surface area contributed by atoms with E-state index in [1.807, 2.05) is 6.07 Å². The first-order chi connectivity index (χ1) is 10.5. The van der Waals surface area contributed by atoms with E-state index in [2.05, 4.69) is 0 Å². The van der Waals surface area contributed by atoms with E-state index in [-0.39, 0.29) is 17.2 Å². The fraction of sp³-hybridized carbons (Fsp3) is 0.176. The van der Waals surface area contributed by atoms with Gasteiger partial charge in [-0.25, -0.2) is 0 Å². The van der Waals surface area contributed by atoms with Crippen molar-refractivity contribution in [3.8, 4) is 17.6 Å². The lowest BCUT2D eigenvalue weighted by Gasteiger charge is -2.18. The molecule has 1 amide bonds. The van der Waals surface area contributed by atoms with E-state index in [0.29, 0.717) is 17.9 Å². The number of aromatic hydroxyl groups is 1. The smallest absolute Gasteiger partial charge is 0.257 e. The van der Waals surface area contributed by atoms with Gasteiger partial charge in [-0.05, 0) is 29.8 Å². The topological polar surface area (TPSA) is 73.6 Å². The fourth-order valence-corrected chi connectivity index (χ4v) is 2.06. The zero-order chi connectivity index (χ0) is 16.1. The molecule has 0 radical (unpaired) electrons. The third kappa shape index (κ3) is 3.36. The summed E-state index contributed by atoms with van der Waals surface area (Å²) in [4.78, 5) is 13.9. The summed E-state index contributed by atoms with van der Waals surface area (Å²) in [5, 5.41) is 18.7. The van der Waals surface area contributed by atoms with Gasteiger partial charge in [-0.15, -0.1) is 0 Å². The maximum absolute atomic E-state index is 12.4. The van der Waals surface area contributed by atoms with Crippen molar-refractivity contribution < 1.29 is 14.6 Å². The predicted molar refractivity (Wildman–Crippen MR) is 81.6 cm³/mol. The van der Waals surface area contributed by atoms with E-state index in [9.17, 15) is 9.90 Å². The molecule has 5 heteroatoms. The molecule has 0 saturated carbocycles. The van der Waals surface area contributed by atoms with Crippen molar-refractivity contribution in [2.45, 2.75) is 6.54 Å². The highest BCUT2D eigenvalue weighted by Crippen LogP contribution is 2.24. The highest BCUT2D eigenvalue weighted by atomic mass is 16.5. The van der Waals surface area contributed by atoms with Crippen molar-refractivity contribution in [2.24, 2.45) is 0 Å². The van der Waals surface area contributed by atoms with Crippen LogP contribution in [0.2, 0.25) is 0 Å². The SMILES string of the molecule is COc1ccc(C(=O)N(C)Cc2ccc(C#N)cc2)c(O)c1. The maximum Gasteiger partial charge on any atom is 0.257 e. The zero-order valence-corrected chi connectivity index (χ0v) is 12.4. The largest absolute Gasteiger partial charge is 0.507 e. The molecular formula is C17H16N2O3. The van der Waals surface area contributed by atoms with Crippen LogP contribution in [0.25, 0.3) is 0 Å². The Hall–Kier alpha value is -3.00. The summed E-state index contributed by atoms with van der Waals surface area (Å²) in [5.41, 5.74) is 1.70. The molecule has 5 nitrogen and oxygen atoms in total. The maximum atomic E-state index is 12.4. The van der Waals surface area contributed by atoms with Crippen LogP contribution >= 0.6 is 0 Å². The number of phenolic OH excluding ortho intramolecular Hbond substituents is 1. The van der Waals surface area contributed by atoms with Crippen LogP contribution in [-0.4, -0.2) is 30.1 Å². The number of methoxy groups -OCH3 is 1. The molecule has 0 fully saturated rings. The molecule has 0 heterocycles. The van der Waals surface area contributed by atoms with Crippen LogP contribution in [0.4, 0.5) is 0 Å². The molecule has 0 aromatic heterocycles. The fourth-order valence-electron chi connectivity index (χ4n) is 2.06. The second-order valence-electron chi connectivity index (χ2n) is 4.85. The van der Waals surface area contributed by atoms with E-state index in [1.165, 1.54) is 24.1 Å². The van der Waals surface area contributed by atoms with Crippen LogP contribution in [0, 0.1) is 11.3 Å². The molecule has 2 aromatic carbocycles. The van der Waals surface area contributed by atoms with E-state index in [1.54, 1.807) is 37.4 Å². The van der Waals surface area contributed by atoms with Crippen molar-refractivity contribution in [3.63, 3.8) is 0 Å². The average Bonchev–Trinajstić information content (AvgIpc) is 2.54. The monoisotopic (exact) mass is 296 g/mol. The minimum absolute atomic E-state index is 0.115. The molecule has 2 aromatic rings. The third-order valence-corrected chi connectivity index (χ3v) is 3.28. The number of amides is 1. The lowest BCUT2D eigenvalue weighted by Crippen LogP contribution is -2.26. The van der Waals surface area contributed by atoms with Crippen LogP contribution in [0.1, 0.15) is 21.5 Å². The van der Waals surface area contributed by atoms with Crippen LogP contribution in [0.3, 0.4) is 0 Å². The van der Waals surface area contributed by atoms with Gasteiger partial charge in [0, 0.05) is 19.7 Å². The summed E-state index contributed by atoms with van der Waals surface area (Å²) in [7, 11) is 3.15. The average molecular weight is 296 g/mol. The molecule has 0 aliphatic carbocycles. The minimum atomic E-state index is -0.287. The summed E-state index contributed by atoms with van der Waals surface area (Å²) < 4.78 is 5.00. The zero-order valence-electron chi connectivity index (χ0n) is 12.4. The Balaban J connectivity index is 2.13. The third-order valence-electron chi connectivity index (χ3n) is 3.28. The summed E-state index contributed by atoms with van der Waals surface area (Å²) in [6, 6.07) is 13.6. The van der Waals surface area contributed by atoms with E-state index in [4.69, 9.17) is 10.00 Å². The van der Waals surface area contributed by atoms with Crippen molar-refractivity contribution in [3.05, 3.63) is 59.2 Å². The molecule has 0 atom stereocenters. The van der Waals surface area contributed by atoms with Crippen molar-refractivity contribution in [1.29, 1.82) is 5.26 Å². The second kappa shape index (κ2) is 6.64. The molecule has 1 N–H and O–H groups in total. The van der Waals surface area contributed by atoms with Crippen molar-refractivity contribution >= 4 is 5.91 Å². The Labute approximate surface area is 129 Å². The van der Waals surface area contributed by atoms with Gasteiger partial charge in [0.25, 0.3) is 5.91 Å². The standard InChI is InChI=1S/C17H16N2O3/c1-19(11-13-5-3-12(10-18)4-6-13)17(21)15-8-7-14(22-2)9-16(15)20/h3-9,20H,11H2,1-2H3. The number of phenols is 1. The molecule has 0 spiro atoms. The quantitative estimate of drug-likeness (QED) is 0.941. The highest BCUT2D eigenvalue weighted by Gasteiger charge is 2.16. The van der Waals surface area contributed by atoms with E-state index >= 15 is 0 Å². The Morgan fingerprint density at radius 1 is 1.27 bits per heavy atom. The van der Waals surface area contributed by atoms with Crippen LogP contribution in [-0.2, 0) is 6.54 Å². The second-order valence-corrected chi connectivity index (χ2v) is 4.85. The number of nitrogens with zero attached hydrogens (tertiary/aromatic N) is 2. The predicted octanol–water partition coefficient (Wildman–Crippen LogP) is 2.54. The summed E-state index contributed by atoms with van der Waals surface area (Å²) in [6.07, 6.45) is 0. The number of nitriles is 1. The van der Waals surface area contributed by atoms with Gasteiger partial charge < -0.3 is 14.7 Å². The number of ether oxygens (including phenoxy) is 1. The first-order valence-corrected chi connectivity index (χ1v) is 6.66. The summed E-state index contributed by atoms with van der Waals surface area (Å²) >= 11 is 0. The van der Waals surface area contributed by atoms with Crippen molar-refractivity contribution in [2.75, 3.05) is 14.2 Å². The molecule has 22 heavy (non-hydrogen) atoms. The molecule has 0 aliphatic heterocycles. The molecule has 0 bridgehead atoms. The first-order valence-electron chi connectivity index (χ1n) is 6.66. The van der Waals surface area contributed by atoms with Gasteiger partial charge in [0.15, 0.2) is 0 Å². The Bertz CT molecular complexity index is 718. The van der Waals surface area contributed by atoms with Gasteiger partial charge in [-0.3, -0.25) is 4.79 Å². The number of carbonyl (C=O) groups excluding carboxylic acids is 1. The first kappa shape index (κ1) is 15.4. The molecule has 112 valence electrons. The molecule has 0 saturated heterocycles. The van der Waals surface area contributed by atoms with Gasteiger partial charge in [0.05, 0.1) is 24.3 Å². The summed E-state index contributed by atoms with van der Waals surface area (Å²) in [5.74, 6) is 0.0873. The van der Waals surface area contributed by atoms with Gasteiger partial charge >= 0.3 is 0 Å². The Morgan fingerprint density at radius 3 is 2.50 bits per heavy atom. The van der Waals surface area contributed by atoms with Gasteiger partial charge in [-0.2, -0.15) is 5.26 Å². The number of benzene rings is 2. The summed E-state index contributed by atoms with van der Waals surface area (Å²) in [6.45, 7) is 0.385. The number of rotatable bonds is 4. The highest BCUT2D eigenvalue weighted by molar-refractivity contribution is 5.96. The van der Waals surface area contributed by atoms with Gasteiger partial charge in [0.1, 0.15) is 11.5 Å². The number of hydrogen-bond acceptors (Lipinski definition) is 4. The Morgan fingerprint density at radius 2 is 1.95 bits per heavy atom. The van der Waals surface area contributed by atoms with Crippen molar-refractivity contribution in [1.82, 2.24) is 4.90 Å². The van der Waals surface area contributed by atoms with E-state index in [0.717, 1.165) is 5.56 Å². The number of carbonyl (C=O) groups is 1. The number of hydrogen-bond donors (Lipinski definition) is 1. The normalized spacial score (nSPS) is 9.86. The molecular weight excluding hydrogens is 280 g/mol. The van der Waals surface area contributed by atoms with Gasteiger partial charge in [0.2, 0.25) is 0 Å². The minimum Gasteiger partial charge on any atom is -0.507 e. The van der Waals surface area contributed by atoms with E-state index < -0.39 is 0 Å².